The van der Waals surface area contributed by atoms with Gasteiger partial charge in [-0.05, 0) is 67.6 Å². The zero-order valence-electron chi connectivity index (χ0n) is 21.2. The van der Waals surface area contributed by atoms with Crippen LogP contribution in [0.4, 0.5) is 5.69 Å². The van der Waals surface area contributed by atoms with Crippen molar-refractivity contribution in [1.29, 1.82) is 0 Å². The first-order valence-electron chi connectivity index (χ1n) is 12.2. The topological polar surface area (TPSA) is 86.9 Å². The van der Waals surface area contributed by atoms with Crippen molar-refractivity contribution in [3.63, 3.8) is 0 Å². The van der Waals surface area contributed by atoms with Crippen LogP contribution in [-0.2, 0) is 16.1 Å². The highest BCUT2D eigenvalue weighted by Crippen LogP contribution is 2.45. The fraction of sp³-hybridized carbons (Fsp3) is 0.207. The molecule has 0 spiro atoms. The minimum Gasteiger partial charge on any atom is -0.467 e. The van der Waals surface area contributed by atoms with Crippen LogP contribution in [0.1, 0.15) is 41.8 Å². The molecule has 3 heterocycles. The van der Waals surface area contributed by atoms with E-state index in [2.05, 4.69) is 10.6 Å². The molecule has 2 aliphatic rings. The van der Waals surface area contributed by atoms with Gasteiger partial charge in [-0.15, -0.1) is 0 Å². The lowest BCUT2D eigenvalue weighted by molar-refractivity contribution is -0.120. The standard InChI is InChI=1S/C29H27ClN4O3S/c1-17-6-11-24(18(2)13-17)33-28(36)26-19(3)32-29-34(27(26)20-7-9-21(30)10-8-20)22(16-38-29)14-25(35)31-15-23-5-4-12-37-23/h4-13,16,27H,14-15H2,1-3H3,(H,31,35)(H,33,36). The van der Waals surface area contributed by atoms with E-state index in [0.29, 0.717) is 28.6 Å². The van der Waals surface area contributed by atoms with Crippen molar-refractivity contribution in [3.8, 4) is 0 Å². The maximum atomic E-state index is 13.8. The number of aliphatic imine (C=N–C) groups is 1. The second-order valence-corrected chi connectivity index (χ2v) is 10.5. The van der Waals surface area contributed by atoms with E-state index in [1.165, 1.54) is 11.8 Å². The predicted octanol–water partition coefficient (Wildman–Crippen LogP) is 6.47. The van der Waals surface area contributed by atoms with E-state index in [9.17, 15) is 9.59 Å². The number of allylic oxidation sites excluding steroid dienone is 1. The molecule has 9 heteroatoms. The number of amides is 2. The number of rotatable bonds is 7. The fourth-order valence-corrected chi connectivity index (χ4v) is 5.68. The minimum atomic E-state index is -0.482. The molecule has 1 atom stereocenters. The van der Waals surface area contributed by atoms with Gasteiger partial charge in [0.15, 0.2) is 5.17 Å². The first-order valence-corrected chi connectivity index (χ1v) is 13.4. The van der Waals surface area contributed by atoms with Crippen LogP contribution in [0.25, 0.3) is 0 Å². The van der Waals surface area contributed by atoms with Crippen LogP contribution in [0.15, 0.2) is 92.6 Å². The minimum absolute atomic E-state index is 0.127. The Bertz CT molecular complexity index is 1480. The SMILES string of the molecule is CC1=C(C(=O)Nc2ccc(C)cc2C)C(c2ccc(Cl)cc2)N2C(CC(=O)NCc3ccco3)=CSC2=N1. The van der Waals surface area contributed by atoms with Gasteiger partial charge in [-0.1, -0.05) is 53.2 Å². The number of fused-ring (bicyclic) bond motifs is 1. The third kappa shape index (κ3) is 5.42. The average molecular weight is 547 g/mol. The van der Waals surface area contributed by atoms with Gasteiger partial charge in [0.1, 0.15) is 5.76 Å². The number of nitrogens with zero attached hydrogens (tertiary/aromatic N) is 2. The first kappa shape index (κ1) is 25.9. The monoisotopic (exact) mass is 546 g/mol. The molecule has 2 aromatic carbocycles. The van der Waals surface area contributed by atoms with E-state index in [1.54, 1.807) is 24.5 Å². The molecule has 3 aromatic rings. The Morgan fingerprint density at radius 1 is 1.11 bits per heavy atom. The smallest absolute Gasteiger partial charge is 0.255 e. The molecule has 0 radical (unpaired) electrons. The quantitative estimate of drug-likeness (QED) is 0.354. The number of nitrogens with one attached hydrogen (secondary N) is 2. The number of aryl methyl sites for hydroxylation is 2. The van der Waals surface area contributed by atoms with Gasteiger partial charge in [-0.25, -0.2) is 4.99 Å². The summed E-state index contributed by atoms with van der Waals surface area (Å²) < 4.78 is 5.32. The van der Waals surface area contributed by atoms with Crippen molar-refractivity contribution < 1.29 is 14.0 Å². The molecule has 2 aliphatic heterocycles. The van der Waals surface area contributed by atoms with E-state index in [-0.39, 0.29) is 18.2 Å². The number of amidine groups is 1. The van der Waals surface area contributed by atoms with Crippen molar-refractivity contribution in [2.24, 2.45) is 4.99 Å². The molecule has 0 bridgehead atoms. The summed E-state index contributed by atoms with van der Waals surface area (Å²) in [5, 5.41) is 9.23. The van der Waals surface area contributed by atoms with E-state index in [4.69, 9.17) is 21.0 Å². The van der Waals surface area contributed by atoms with Crippen LogP contribution in [-0.4, -0.2) is 21.9 Å². The lowest BCUT2D eigenvalue weighted by atomic mass is 9.93. The average Bonchev–Trinajstić information content (AvgIpc) is 3.54. The van der Waals surface area contributed by atoms with Gasteiger partial charge in [0.25, 0.3) is 5.91 Å². The number of carbonyl (C=O) groups excluding carboxylic acids is 2. The highest BCUT2D eigenvalue weighted by Gasteiger charge is 2.40. The molecule has 2 N–H and O–H groups in total. The largest absolute Gasteiger partial charge is 0.467 e. The number of hydrogen-bond acceptors (Lipinski definition) is 6. The Morgan fingerprint density at radius 2 is 1.89 bits per heavy atom. The molecule has 1 unspecified atom stereocenters. The van der Waals surface area contributed by atoms with Crippen molar-refractivity contribution in [2.45, 2.75) is 39.8 Å². The van der Waals surface area contributed by atoms with Crippen molar-refractivity contribution in [2.75, 3.05) is 5.32 Å². The molecule has 38 heavy (non-hydrogen) atoms. The first-order chi connectivity index (χ1) is 18.3. The summed E-state index contributed by atoms with van der Waals surface area (Å²) >= 11 is 7.64. The molecule has 0 saturated heterocycles. The van der Waals surface area contributed by atoms with Crippen LogP contribution in [0.3, 0.4) is 0 Å². The molecule has 0 saturated carbocycles. The lowest BCUT2D eigenvalue weighted by Gasteiger charge is -2.36. The lowest BCUT2D eigenvalue weighted by Crippen LogP contribution is -2.38. The van der Waals surface area contributed by atoms with Crippen LogP contribution in [0.2, 0.25) is 5.02 Å². The van der Waals surface area contributed by atoms with E-state index in [1.807, 2.05) is 67.5 Å². The normalized spacial score (nSPS) is 16.6. The zero-order chi connectivity index (χ0) is 26.8. The number of carbonyl (C=O) groups is 2. The van der Waals surface area contributed by atoms with Gasteiger partial charge in [0.05, 0.1) is 36.5 Å². The molecule has 194 valence electrons. The highest BCUT2D eigenvalue weighted by atomic mass is 35.5. The Hall–Kier alpha value is -3.75. The summed E-state index contributed by atoms with van der Waals surface area (Å²) in [4.78, 5) is 33.4. The molecule has 1 aromatic heterocycles. The Labute approximate surface area is 230 Å². The van der Waals surface area contributed by atoms with E-state index in [0.717, 1.165) is 33.2 Å². The second kappa shape index (κ2) is 10.9. The van der Waals surface area contributed by atoms with Gasteiger partial charge < -0.3 is 20.0 Å². The van der Waals surface area contributed by atoms with E-state index >= 15 is 0 Å². The van der Waals surface area contributed by atoms with Crippen molar-refractivity contribution >= 4 is 46.0 Å². The van der Waals surface area contributed by atoms with Gasteiger partial charge in [0, 0.05) is 16.4 Å². The van der Waals surface area contributed by atoms with Crippen LogP contribution < -0.4 is 10.6 Å². The second-order valence-electron chi connectivity index (χ2n) is 9.25. The summed E-state index contributed by atoms with van der Waals surface area (Å²) in [7, 11) is 0. The number of furan rings is 1. The Morgan fingerprint density at radius 3 is 2.61 bits per heavy atom. The maximum absolute atomic E-state index is 13.8. The van der Waals surface area contributed by atoms with Crippen LogP contribution >= 0.6 is 23.4 Å². The van der Waals surface area contributed by atoms with Gasteiger partial charge in [-0.2, -0.15) is 0 Å². The number of anilines is 1. The molecular formula is C29H27ClN4O3S. The molecule has 0 aliphatic carbocycles. The summed E-state index contributed by atoms with van der Waals surface area (Å²) in [5.41, 5.74) is 5.62. The number of thioether (sulfide) groups is 1. The van der Waals surface area contributed by atoms with Gasteiger partial charge >= 0.3 is 0 Å². The summed E-state index contributed by atoms with van der Waals surface area (Å²) in [6.45, 7) is 6.13. The zero-order valence-corrected chi connectivity index (χ0v) is 22.8. The van der Waals surface area contributed by atoms with Crippen LogP contribution in [0.5, 0.6) is 0 Å². The molecule has 5 rings (SSSR count). The summed E-state index contributed by atoms with van der Waals surface area (Å²) in [6, 6.07) is 16.4. The van der Waals surface area contributed by atoms with Crippen molar-refractivity contribution in [1.82, 2.24) is 10.2 Å². The highest BCUT2D eigenvalue weighted by molar-refractivity contribution is 8.16. The van der Waals surface area contributed by atoms with Gasteiger partial charge in [0.2, 0.25) is 5.91 Å². The van der Waals surface area contributed by atoms with Crippen molar-refractivity contribution in [3.05, 3.63) is 111 Å². The number of benzene rings is 2. The maximum Gasteiger partial charge on any atom is 0.255 e. The third-order valence-corrected chi connectivity index (χ3v) is 7.58. The van der Waals surface area contributed by atoms with E-state index < -0.39 is 6.04 Å². The fourth-order valence-electron chi connectivity index (χ4n) is 4.59. The Kier molecular flexibility index (Phi) is 7.44. The number of hydrogen-bond donors (Lipinski definition) is 2. The number of halogens is 1. The predicted molar refractivity (Wildman–Crippen MR) is 152 cm³/mol. The molecule has 2 amide bonds. The van der Waals surface area contributed by atoms with Gasteiger partial charge in [-0.3, -0.25) is 9.59 Å². The van der Waals surface area contributed by atoms with Crippen LogP contribution in [0, 0.1) is 13.8 Å². The molecule has 0 fully saturated rings. The molecular weight excluding hydrogens is 520 g/mol. The summed E-state index contributed by atoms with van der Waals surface area (Å²) in [6.07, 6.45) is 1.70. The Balaban J connectivity index is 1.45. The summed E-state index contributed by atoms with van der Waals surface area (Å²) in [5.74, 6) is 0.281. The third-order valence-electron chi connectivity index (χ3n) is 6.44. The molecule has 7 nitrogen and oxygen atoms in total.